The van der Waals surface area contributed by atoms with E-state index in [2.05, 4.69) is 20.4 Å². The number of rotatable bonds is 6. The molecule has 168 valence electrons. The van der Waals surface area contributed by atoms with Crippen LogP contribution in [0, 0.1) is 12.7 Å². The number of aromatic nitrogens is 4. The van der Waals surface area contributed by atoms with Gasteiger partial charge in [-0.1, -0.05) is 23.4 Å². The summed E-state index contributed by atoms with van der Waals surface area (Å²) in [5.74, 6) is 0.0749. The van der Waals surface area contributed by atoms with Crippen molar-refractivity contribution in [3.63, 3.8) is 0 Å². The van der Waals surface area contributed by atoms with Crippen LogP contribution in [0.4, 0.5) is 4.39 Å². The maximum Gasteiger partial charge on any atom is 0.251 e. The number of nitrogens with one attached hydrogen (secondary N) is 1. The average Bonchev–Trinajstić information content (AvgIpc) is 3.50. The zero-order valence-electron chi connectivity index (χ0n) is 18.3. The van der Waals surface area contributed by atoms with Crippen LogP contribution in [-0.2, 0) is 6.54 Å². The Bertz CT molecular complexity index is 1440. The Morgan fingerprint density at radius 2 is 1.97 bits per heavy atom. The number of benzene rings is 2. The normalized spacial score (nSPS) is 10.9. The molecule has 5 aromatic rings. The lowest BCUT2D eigenvalue weighted by molar-refractivity contribution is 0.0951. The first kappa shape index (κ1) is 21.3. The molecule has 0 spiro atoms. The van der Waals surface area contributed by atoms with Crippen molar-refractivity contribution < 1.29 is 13.7 Å². The second-order valence-electron chi connectivity index (χ2n) is 7.73. The summed E-state index contributed by atoms with van der Waals surface area (Å²) < 4.78 is 21.0. The van der Waals surface area contributed by atoms with E-state index in [9.17, 15) is 9.18 Å². The molecule has 0 saturated heterocycles. The first-order chi connectivity index (χ1) is 16.6. The fourth-order valence-electron chi connectivity index (χ4n) is 3.67. The number of amides is 1. The minimum Gasteiger partial charge on any atom is -0.360 e. The highest BCUT2D eigenvalue weighted by Gasteiger charge is 2.19. The third-order valence-electron chi connectivity index (χ3n) is 5.40. The Morgan fingerprint density at radius 3 is 2.74 bits per heavy atom. The molecular formula is C26H20FN5O2. The number of halogens is 1. The van der Waals surface area contributed by atoms with E-state index in [1.807, 2.05) is 35.0 Å². The third-order valence-corrected chi connectivity index (χ3v) is 5.40. The second kappa shape index (κ2) is 9.11. The molecule has 34 heavy (non-hydrogen) atoms. The molecule has 2 aromatic carbocycles. The average molecular weight is 453 g/mol. The number of hydrogen-bond acceptors (Lipinski definition) is 5. The topological polar surface area (TPSA) is 85.8 Å². The molecule has 0 fully saturated rings. The van der Waals surface area contributed by atoms with Crippen LogP contribution in [-0.4, -0.2) is 25.6 Å². The minimum atomic E-state index is -0.348. The lowest BCUT2D eigenvalue weighted by Crippen LogP contribution is -2.22. The molecule has 5 rings (SSSR count). The molecule has 0 aliphatic heterocycles. The third kappa shape index (κ3) is 4.33. The summed E-state index contributed by atoms with van der Waals surface area (Å²) in [5, 5.41) is 7.00. The van der Waals surface area contributed by atoms with Gasteiger partial charge in [0.1, 0.15) is 17.3 Å². The number of carbonyl (C=O) groups excluding carboxylic acids is 1. The van der Waals surface area contributed by atoms with E-state index >= 15 is 0 Å². The van der Waals surface area contributed by atoms with Gasteiger partial charge in [-0.3, -0.25) is 9.78 Å². The van der Waals surface area contributed by atoms with Crippen LogP contribution in [0.2, 0.25) is 0 Å². The number of imidazole rings is 1. The Hall–Kier alpha value is -4.59. The van der Waals surface area contributed by atoms with Crippen molar-refractivity contribution in [3.05, 3.63) is 108 Å². The number of aryl methyl sites for hydroxylation is 1. The largest absolute Gasteiger partial charge is 0.360 e. The van der Waals surface area contributed by atoms with Crippen molar-refractivity contribution in [2.45, 2.75) is 13.5 Å². The lowest BCUT2D eigenvalue weighted by Gasteiger charge is -2.07. The summed E-state index contributed by atoms with van der Waals surface area (Å²) in [6.07, 6.45) is 6.93. The fourth-order valence-corrected chi connectivity index (χ4v) is 3.67. The number of nitrogens with zero attached hydrogens (tertiary/aromatic N) is 4. The zero-order valence-corrected chi connectivity index (χ0v) is 18.3. The van der Waals surface area contributed by atoms with E-state index in [0.717, 1.165) is 11.3 Å². The van der Waals surface area contributed by atoms with Crippen LogP contribution in [0.25, 0.3) is 28.2 Å². The summed E-state index contributed by atoms with van der Waals surface area (Å²) in [6, 6.07) is 17.2. The maximum absolute atomic E-state index is 13.7. The molecule has 3 aromatic heterocycles. The predicted molar refractivity (Wildman–Crippen MR) is 125 cm³/mol. The highest BCUT2D eigenvalue weighted by atomic mass is 19.1. The maximum atomic E-state index is 13.7. The SMILES string of the molecule is Cc1onc(-c2cccc(F)c2)c1-c1cn(-c2ccc(C(=O)NCc3cccnc3)cc2)cn1. The van der Waals surface area contributed by atoms with Crippen LogP contribution in [0.15, 0.2) is 90.1 Å². The van der Waals surface area contributed by atoms with Gasteiger partial charge in [0.2, 0.25) is 0 Å². The van der Waals surface area contributed by atoms with Gasteiger partial charge in [0.05, 0.1) is 17.6 Å². The quantitative estimate of drug-likeness (QED) is 0.392. The Morgan fingerprint density at radius 1 is 1.12 bits per heavy atom. The van der Waals surface area contributed by atoms with Crippen molar-refractivity contribution in [3.8, 4) is 28.2 Å². The predicted octanol–water partition coefficient (Wildman–Crippen LogP) is 4.97. The molecule has 1 N–H and O–H groups in total. The molecule has 3 heterocycles. The summed E-state index contributed by atoms with van der Waals surface area (Å²) >= 11 is 0. The van der Waals surface area contributed by atoms with Gasteiger partial charge >= 0.3 is 0 Å². The number of hydrogen-bond donors (Lipinski definition) is 1. The molecule has 8 heteroatoms. The molecule has 0 aliphatic carbocycles. The summed E-state index contributed by atoms with van der Waals surface area (Å²) in [4.78, 5) is 21.0. The van der Waals surface area contributed by atoms with Crippen LogP contribution in [0.3, 0.4) is 0 Å². The first-order valence-corrected chi connectivity index (χ1v) is 10.6. The van der Waals surface area contributed by atoms with Crippen molar-refractivity contribution in [1.82, 2.24) is 25.0 Å². The molecular weight excluding hydrogens is 433 g/mol. The van der Waals surface area contributed by atoms with Gasteiger partial charge in [-0.2, -0.15) is 0 Å². The van der Waals surface area contributed by atoms with Crippen molar-refractivity contribution in [2.24, 2.45) is 0 Å². The van der Waals surface area contributed by atoms with Crippen LogP contribution >= 0.6 is 0 Å². The van der Waals surface area contributed by atoms with Gasteiger partial charge in [-0.25, -0.2) is 9.37 Å². The smallest absolute Gasteiger partial charge is 0.251 e. The Kier molecular flexibility index (Phi) is 5.70. The Balaban J connectivity index is 1.35. The first-order valence-electron chi connectivity index (χ1n) is 10.6. The van der Waals surface area contributed by atoms with Crippen LogP contribution in [0.5, 0.6) is 0 Å². The molecule has 1 amide bonds. The summed E-state index contributed by atoms with van der Waals surface area (Å²) in [7, 11) is 0. The van der Waals surface area contributed by atoms with Gasteiger partial charge in [0, 0.05) is 41.9 Å². The van der Waals surface area contributed by atoms with E-state index in [0.29, 0.717) is 40.4 Å². The van der Waals surface area contributed by atoms with Gasteiger partial charge in [-0.05, 0) is 55.0 Å². The van der Waals surface area contributed by atoms with Crippen molar-refractivity contribution >= 4 is 5.91 Å². The molecule has 0 atom stereocenters. The molecule has 0 bridgehead atoms. The van der Waals surface area contributed by atoms with Crippen LogP contribution in [0.1, 0.15) is 21.7 Å². The van der Waals surface area contributed by atoms with Gasteiger partial charge in [0.25, 0.3) is 5.91 Å². The highest BCUT2D eigenvalue weighted by molar-refractivity contribution is 5.94. The fraction of sp³-hybridized carbons (Fsp3) is 0.0769. The minimum absolute atomic E-state index is 0.165. The van der Waals surface area contributed by atoms with Gasteiger partial charge < -0.3 is 14.4 Å². The lowest BCUT2D eigenvalue weighted by atomic mass is 10.0. The van der Waals surface area contributed by atoms with Gasteiger partial charge in [-0.15, -0.1) is 0 Å². The molecule has 0 saturated carbocycles. The standard InChI is InChI=1S/C26H20FN5O2/c1-17-24(25(31-34-17)20-5-2-6-21(27)12-20)23-15-32(16-30-23)22-9-7-19(8-10-22)26(33)29-14-18-4-3-11-28-13-18/h2-13,15-16H,14H2,1H3,(H,29,33). The molecule has 0 radical (unpaired) electrons. The Labute approximate surface area is 194 Å². The van der Waals surface area contributed by atoms with Gasteiger partial charge in [0.15, 0.2) is 0 Å². The van der Waals surface area contributed by atoms with Crippen molar-refractivity contribution in [1.29, 1.82) is 0 Å². The summed E-state index contributed by atoms with van der Waals surface area (Å²) in [6.45, 7) is 2.20. The van der Waals surface area contributed by atoms with Crippen molar-refractivity contribution in [2.75, 3.05) is 0 Å². The van der Waals surface area contributed by atoms with Crippen LogP contribution < -0.4 is 5.32 Å². The molecule has 0 unspecified atom stereocenters. The monoisotopic (exact) mass is 453 g/mol. The highest BCUT2D eigenvalue weighted by Crippen LogP contribution is 2.33. The second-order valence-corrected chi connectivity index (χ2v) is 7.73. The molecule has 0 aliphatic rings. The van der Waals surface area contributed by atoms with E-state index in [-0.39, 0.29) is 11.7 Å². The van der Waals surface area contributed by atoms with E-state index in [1.165, 1.54) is 12.1 Å². The van der Waals surface area contributed by atoms with E-state index in [4.69, 9.17) is 4.52 Å². The van der Waals surface area contributed by atoms with E-state index in [1.54, 1.807) is 49.9 Å². The van der Waals surface area contributed by atoms with E-state index < -0.39 is 0 Å². The number of carbonyl (C=O) groups is 1. The number of pyridine rings is 1. The summed E-state index contributed by atoms with van der Waals surface area (Å²) in [5.41, 5.74) is 4.82. The molecule has 7 nitrogen and oxygen atoms in total. The zero-order chi connectivity index (χ0) is 23.5.